The van der Waals surface area contributed by atoms with Crippen molar-refractivity contribution in [3.05, 3.63) is 54.4 Å². The molecule has 1 aliphatic rings. The normalized spacial score (nSPS) is 16.9. The van der Waals surface area contributed by atoms with Crippen molar-refractivity contribution in [2.45, 2.75) is 32.4 Å². The lowest BCUT2D eigenvalue weighted by molar-refractivity contribution is 0.0863. The second kappa shape index (κ2) is 9.20. The molecule has 0 radical (unpaired) electrons. The highest BCUT2D eigenvalue weighted by Gasteiger charge is 2.22. The third kappa shape index (κ3) is 5.20. The summed E-state index contributed by atoms with van der Waals surface area (Å²) in [4.78, 5) is 14.5. The van der Waals surface area contributed by atoms with E-state index in [0.717, 1.165) is 31.6 Å². The number of hydrogen-bond acceptors (Lipinski definition) is 3. The van der Waals surface area contributed by atoms with Crippen LogP contribution in [-0.2, 0) is 11.3 Å². The van der Waals surface area contributed by atoms with Gasteiger partial charge in [0.1, 0.15) is 0 Å². The molecule has 2 amide bonds. The van der Waals surface area contributed by atoms with Crippen LogP contribution in [-0.4, -0.2) is 46.5 Å². The Balaban J connectivity index is 1.63. The number of nitrogens with one attached hydrogen (secondary N) is 1. The molecule has 1 saturated heterocycles. The first kappa shape index (κ1) is 18.2. The van der Waals surface area contributed by atoms with Gasteiger partial charge in [-0.05, 0) is 25.3 Å². The number of carbonyl (C=O) groups is 1. The minimum Gasteiger partial charge on any atom is -0.376 e. The van der Waals surface area contributed by atoms with Crippen molar-refractivity contribution in [2.24, 2.45) is 0 Å². The zero-order valence-corrected chi connectivity index (χ0v) is 15.2. The van der Waals surface area contributed by atoms with Crippen molar-refractivity contribution in [2.75, 3.05) is 25.0 Å². The van der Waals surface area contributed by atoms with E-state index in [4.69, 9.17) is 4.74 Å². The minimum absolute atomic E-state index is 0.115. The monoisotopic (exact) mass is 354 g/mol. The third-order valence-electron chi connectivity index (χ3n) is 4.38. The van der Waals surface area contributed by atoms with Crippen LogP contribution in [0.5, 0.6) is 0 Å². The molecule has 0 unspecified atom stereocenters. The van der Waals surface area contributed by atoms with E-state index in [-0.39, 0.29) is 12.1 Å². The molecule has 0 saturated carbocycles. The minimum atomic E-state index is -0.131. The van der Waals surface area contributed by atoms with E-state index in [1.165, 1.54) is 0 Å². The summed E-state index contributed by atoms with van der Waals surface area (Å²) in [6.07, 6.45) is 9.73. The molecule has 2 heterocycles. The predicted molar refractivity (Wildman–Crippen MR) is 103 cm³/mol. The maximum atomic E-state index is 12.7. The Hall–Kier alpha value is -2.60. The van der Waals surface area contributed by atoms with Gasteiger partial charge in [-0.2, -0.15) is 5.10 Å². The number of carbonyl (C=O) groups excluding carboxylic acids is 1. The molecule has 3 rings (SSSR count). The fraction of sp³-hybridized carbons (Fsp3) is 0.400. The van der Waals surface area contributed by atoms with Gasteiger partial charge in [-0.25, -0.2) is 4.79 Å². The van der Waals surface area contributed by atoms with Gasteiger partial charge in [-0.1, -0.05) is 42.5 Å². The van der Waals surface area contributed by atoms with Crippen molar-refractivity contribution >= 4 is 17.8 Å². The molecule has 1 atom stereocenters. The number of aryl methyl sites for hydroxylation is 1. The van der Waals surface area contributed by atoms with E-state index in [1.54, 1.807) is 15.8 Å². The van der Waals surface area contributed by atoms with Crippen LogP contribution in [0.2, 0.25) is 0 Å². The smallest absolute Gasteiger partial charge is 0.322 e. The SMILES string of the molecule is CCn1cc(NC(=O)N(C/C=C/c2ccccc2)C[C@H]2CCCO2)cn1. The van der Waals surface area contributed by atoms with Crippen LogP contribution in [0.3, 0.4) is 0 Å². The van der Waals surface area contributed by atoms with Crippen LogP contribution in [0.15, 0.2) is 48.8 Å². The summed E-state index contributed by atoms with van der Waals surface area (Å²) < 4.78 is 7.49. The highest BCUT2D eigenvalue weighted by atomic mass is 16.5. The van der Waals surface area contributed by atoms with Crippen LogP contribution in [0, 0.1) is 0 Å². The highest BCUT2D eigenvalue weighted by Crippen LogP contribution is 2.15. The molecule has 1 fully saturated rings. The van der Waals surface area contributed by atoms with Crippen LogP contribution in [0.25, 0.3) is 6.08 Å². The van der Waals surface area contributed by atoms with E-state index in [9.17, 15) is 4.79 Å². The van der Waals surface area contributed by atoms with Crippen LogP contribution in [0.4, 0.5) is 10.5 Å². The Morgan fingerprint density at radius 1 is 1.42 bits per heavy atom. The molecule has 26 heavy (non-hydrogen) atoms. The number of hydrogen-bond donors (Lipinski definition) is 1. The lowest BCUT2D eigenvalue weighted by atomic mass is 10.2. The predicted octanol–water partition coefficient (Wildman–Crippen LogP) is 3.63. The molecule has 6 heteroatoms. The van der Waals surface area contributed by atoms with Crippen LogP contribution < -0.4 is 5.32 Å². The summed E-state index contributed by atoms with van der Waals surface area (Å²) in [5, 5.41) is 7.13. The quantitative estimate of drug-likeness (QED) is 0.826. The van der Waals surface area contributed by atoms with Gasteiger partial charge < -0.3 is 15.0 Å². The summed E-state index contributed by atoms with van der Waals surface area (Å²) in [6.45, 7) is 4.69. The molecule has 1 N–H and O–H groups in total. The number of nitrogens with zero attached hydrogens (tertiary/aromatic N) is 3. The largest absolute Gasteiger partial charge is 0.376 e. The Kier molecular flexibility index (Phi) is 6.44. The molecule has 0 aliphatic carbocycles. The van der Waals surface area contributed by atoms with Crippen molar-refractivity contribution in [3.63, 3.8) is 0 Å². The van der Waals surface area contributed by atoms with Crippen LogP contribution in [0.1, 0.15) is 25.3 Å². The maximum absolute atomic E-state index is 12.7. The third-order valence-corrected chi connectivity index (χ3v) is 4.38. The van der Waals surface area contributed by atoms with Gasteiger partial charge in [0, 0.05) is 32.4 Å². The molecule has 1 aromatic heterocycles. The molecule has 0 bridgehead atoms. The summed E-state index contributed by atoms with van der Waals surface area (Å²) in [7, 11) is 0. The average Bonchev–Trinajstić information content (AvgIpc) is 3.33. The Labute approximate surface area is 154 Å². The Morgan fingerprint density at radius 3 is 2.96 bits per heavy atom. The van der Waals surface area contributed by atoms with Crippen molar-refractivity contribution in [1.29, 1.82) is 0 Å². The first-order valence-corrected chi connectivity index (χ1v) is 9.16. The first-order chi connectivity index (χ1) is 12.7. The number of anilines is 1. The van der Waals surface area contributed by atoms with Gasteiger partial charge >= 0.3 is 6.03 Å². The molecule has 1 aromatic carbocycles. The summed E-state index contributed by atoms with van der Waals surface area (Å²) >= 11 is 0. The van der Waals surface area contributed by atoms with E-state index in [0.29, 0.717) is 18.8 Å². The second-order valence-electron chi connectivity index (χ2n) is 6.37. The number of benzene rings is 1. The zero-order chi connectivity index (χ0) is 18.2. The second-order valence-corrected chi connectivity index (χ2v) is 6.37. The fourth-order valence-corrected chi connectivity index (χ4v) is 2.96. The van der Waals surface area contributed by atoms with Gasteiger partial charge in [0.15, 0.2) is 0 Å². The van der Waals surface area contributed by atoms with Crippen LogP contribution >= 0.6 is 0 Å². The summed E-state index contributed by atoms with van der Waals surface area (Å²) in [5.74, 6) is 0. The van der Waals surface area contributed by atoms with Gasteiger partial charge in [-0.15, -0.1) is 0 Å². The number of aromatic nitrogens is 2. The Bertz CT molecular complexity index is 720. The molecule has 0 spiro atoms. The fourth-order valence-electron chi connectivity index (χ4n) is 2.96. The average molecular weight is 354 g/mol. The number of amides is 2. The highest BCUT2D eigenvalue weighted by molar-refractivity contribution is 5.89. The van der Waals surface area contributed by atoms with Gasteiger partial charge in [-0.3, -0.25) is 4.68 Å². The molecule has 138 valence electrons. The maximum Gasteiger partial charge on any atom is 0.322 e. The molecule has 1 aliphatic heterocycles. The number of rotatable bonds is 7. The van der Waals surface area contributed by atoms with Gasteiger partial charge in [0.05, 0.1) is 18.0 Å². The van der Waals surface area contributed by atoms with Crippen molar-refractivity contribution < 1.29 is 9.53 Å². The van der Waals surface area contributed by atoms with E-state index in [1.807, 2.05) is 55.6 Å². The lowest BCUT2D eigenvalue weighted by Gasteiger charge is -2.24. The van der Waals surface area contributed by atoms with Gasteiger partial charge in [0.25, 0.3) is 0 Å². The number of ether oxygens (including phenoxy) is 1. The molecular formula is C20H26N4O2. The van der Waals surface area contributed by atoms with Crippen molar-refractivity contribution in [3.8, 4) is 0 Å². The van der Waals surface area contributed by atoms with E-state index in [2.05, 4.69) is 10.4 Å². The Morgan fingerprint density at radius 2 is 2.27 bits per heavy atom. The lowest BCUT2D eigenvalue weighted by Crippen LogP contribution is -2.40. The van der Waals surface area contributed by atoms with E-state index >= 15 is 0 Å². The van der Waals surface area contributed by atoms with Gasteiger partial charge in [0.2, 0.25) is 0 Å². The zero-order valence-electron chi connectivity index (χ0n) is 15.2. The molecular weight excluding hydrogens is 328 g/mol. The molecule has 2 aromatic rings. The summed E-state index contributed by atoms with van der Waals surface area (Å²) in [6, 6.07) is 9.95. The number of urea groups is 1. The topological polar surface area (TPSA) is 59.4 Å². The first-order valence-electron chi connectivity index (χ1n) is 9.16. The standard InChI is InChI=1S/C20H26N4O2/c1-2-24-15-18(14-21-24)22-20(25)23(16-19-11-7-13-26-19)12-6-10-17-8-4-3-5-9-17/h3-6,8-10,14-15,19H,2,7,11-13,16H2,1H3,(H,22,25)/b10-6+/t19-/m1/s1. The van der Waals surface area contributed by atoms with Crippen molar-refractivity contribution in [1.82, 2.24) is 14.7 Å². The summed E-state index contributed by atoms with van der Waals surface area (Å²) in [5.41, 5.74) is 1.83. The van der Waals surface area contributed by atoms with E-state index < -0.39 is 0 Å². The molecule has 6 nitrogen and oxygen atoms in total.